The molecular formula is C17H15ClN4O2. The van der Waals surface area contributed by atoms with E-state index in [2.05, 4.69) is 20.8 Å². The second-order valence-electron chi connectivity index (χ2n) is 5.32. The summed E-state index contributed by atoms with van der Waals surface area (Å²) in [5.41, 5.74) is 2.64. The molecule has 0 aliphatic rings. The predicted octanol–water partition coefficient (Wildman–Crippen LogP) is 4.34. The highest BCUT2D eigenvalue weighted by molar-refractivity contribution is 6.31. The van der Waals surface area contributed by atoms with Gasteiger partial charge in [-0.1, -0.05) is 22.8 Å². The molecule has 2 aromatic heterocycles. The number of carbonyl (C=O) groups is 1. The Labute approximate surface area is 143 Å². The summed E-state index contributed by atoms with van der Waals surface area (Å²) >= 11 is 5.97. The maximum Gasteiger partial charge on any atom is 0.257 e. The van der Waals surface area contributed by atoms with Crippen molar-refractivity contribution in [1.82, 2.24) is 10.1 Å². The van der Waals surface area contributed by atoms with Gasteiger partial charge in [0, 0.05) is 23.0 Å². The van der Waals surface area contributed by atoms with Gasteiger partial charge in [0.15, 0.2) is 5.82 Å². The van der Waals surface area contributed by atoms with Gasteiger partial charge in [-0.25, -0.2) is 0 Å². The van der Waals surface area contributed by atoms with Gasteiger partial charge >= 0.3 is 0 Å². The summed E-state index contributed by atoms with van der Waals surface area (Å²) < 4.78 is 4.99. The molecule has 6 nitrogen and oxygen atoms in total. The van der Waals surface area contributed by atoms with Gasteiger partial charge in [0.1, 0.15) is 5.76 Å². The van der Waals surface area contributed by atoms with Gasteiger partial charge in [-0.2, -0.15) is 0 Å². The third-order valence-corrected chi connectivity index (χ3v) is 3.58. The molecule has 0 radical (unpaired) electrons. The number of hydrogen-bond donors (Lipinski definition) is 2. The van der Waals surface area contributed by atoms with E-state index < -0.39 is 0 Å². The topological polar surface area (TPSA) is 80.0 Å². The Balaban J connectivity index is 1.77. The van der Waals surface area contributed by atoms with E-state index in [1.807, 2.05) is 13.0 Å². The molecule has 0 unspecified atom stereocenters. The number of nitrogens with zero attached hydrogens (tertiary/aromatic N) is 2. The first-order valence-electron chi connectivity index (χ1n) is 7.24. The Morgan fingerprint density at radius 3 is 2.75 bits per heavy atom. The molecule has 1 aromatic carbocycles. The highest BCUT2D eigenvalue weighted by Gasteiger charge is 2.10. The number of aromatic nitrogens is 2. The first-order valence-corrected chi connectivity index (χ1v) is 7.62. The summed E-state index contributed by atoms with van der Waals surface area (Å²) in [7, 11) is 0. The smallest absolute Gasteiger partial charge is 0.257 e. The van der Waals surface area contributed by atoms with Gasteiger partial charge in [-0.15, -0.1) is 0 Å². The number of aryl methyl sites for hydroxylation is 2. The van der Waals surface area contributed by atoms with E-state index in [-0.39, 0.29) is 5.91 Å². The van der Waals surface area contributed by atoms with Crippen molar-refractivity contribution in [3.8, 4) is 0 Å². The number of anilines is 3. The zero-order valence-electron chi connectivity index (χ0n) is 13.1. The average Bonchev–Trinajstić information content (AvgIpc) is 2.96. The van der Waals surface area contributed by atoms with E-state index in [4.69, 9.17) is 16.1 Å². The molecule has 0 aliphatic heterocycles. The molecule has 0 saturated heterocycles. The van der Waals surface area contributed by atoms with Crippen LogP contribution < -0.4 is 10.6 Å². The molecule has 122 valence electrons. The van der Waals surface area contributed by atoms with Crippen molar-refractivity contribution in [2.24, 2.45) is 0 Å². The van der Waals surface area contributed by atoms with Crippen LogP contribution in [0.3, 0.4) is 0 Å². The summed E-state index contributed by atoms with van der Waals surface area (Å²) in [5, 5.41) is 10.3. The molecule has 0 saturated carbocycles. The number of carbonyl (C=O) groups excluding carboxylic acids is 1. The lowest BCUT2D eigenvalue weighted by atomic mass is 10.2. The molecule has 1 amide bonds. The average molecular weight is 343 g/mol. The number of benzene rings is 1. The lowest BCUT2D eigenvalue weighted by Crippen LogP contribution is -2.13. The van der Waals surface area contributed by atoms with Crippen molar-refractivity contribution in [1.29, 1.82) is 0 Å². The van der Waals surface area contributed by atoms with Crippen LogP contribution in [0, 0.1) is 13.8 Å². The Morgan fingerprint density at radius 2 is 2.00 bits per heavy atom. The molecule has 0 spiro atoms. The van der Waals surface area contributed by atoms with E-state index >= 15 is 0 Å². The second-order valence-corrected chi connectivity index (χ2v) is 5.76. The van der Waals surface area contributed by atoms with Crippen LogP contribution in [0.15, 0.2) is 47.2 Å². The lowest BCUT2D eigenvalue weighted by Gasteiger charge is -2.09. The van der Waals surface area contributed by atoms with Crippen LogP contribution in [0.1, 0.15) is 21.7 Å². The summed E-state index contributed by atoms with van der Waals surface area (Å²) in [6, 6.07) is 8.77. The van der Waals surface area contributed by atoms with Gasteiger partial charge in [0.05, 0.1) is 17.4 Å². The molecule has 3 rings (SSSR count). The molecule has 0 bridgehead atoms. The van der Waals surface area contributed by atoms with Crippen molar-refractivity contribution in [2.45, 2.75) is 13.8 Å². The standard InChI is InChI=1S/C17H15ClN4O2/c1-10-3-4-13(18)7-15(10)21-17(23)12-6-14(9-19-8-12)20-16-5-11(2)24-22-16/h3-9H,1-2H3,(H,20,22)(H,21,23). The number of rotatable bonds is 4. The maximum absolute atomic E-state index is 12.4. The minimum atomic E-state index is -0.271. The van der Waals surface area contributed by atoms with Gasteiger partial charge in [0.25, 0.3) is 5.91 Å². The molecule has 2 heterocycles. The molecule has 0 aliphatic carbocycles. The van der Waals surface area contributed by atoms with Crippen LogP contribution in [0.2, 0.25) is 5.02 Å². The van der Waals surface area contributed by atoms with Crippen LogP contribution >= 0.6 is 11.6 Å². The van der Waals surface area contributed by atoms with Gasteiger partial charge in [-0.05, 0) is 37.6 Å². The summed E-state index contributed by atoms with van der Waals surface area (Å²) in [4.78, 5) is 16.5. The zero-order valence-corrected chi connectivity index (χ0v) is 13.9. The van der Waals surface area contributed by atoms with Crippen molar-refractivity contribution in [3.63, 3.8) is 0 Å². The fourth-order valence-corrected chi connectivity index (χ4v) is 2.30. The molecule has 0 fully saturated rings. The second kappa shape index (κ2) is 6.72. The monoisotopic (exact) mass is 342 g/mol. The summed E-state index contributed by atoms with van der Waals surface area (Å²) in [6.07, 6.45) is 3.10. The summed E-state index contributed by atoms with van der Waals surface area (Å²) in [6.45, 7) is 3.70. The van der Waals surface area contributed by atoms with Crippen LogP contribution in [0.4, 0.5) is 17.2 Å². The van der Waals surface area contributed by atoms with E-state index in [1.165, 1.54) is 6.20 Å². The van der Waals surface area contributed by atoms with Gasteiger partial charge < -0.3 is 15.2 Å². The fraction of sp³-hybridized carbons (Fsp3) is 0.118. The van der Waals surface area contributed by atoms with E-state index in [0.29, 0.717) is 33.5 Å². The molecule has 2 N–H and O–H groups in total. The zero-order chi connectivity index (χ0) is 17.1. The highest BCUT2D eigenvalue weighted by atomic mass is 35.5. The minimum absolute atomic E-state index is 0.271. The molecule has 3 aromatic rings. The third-order valence-electron chi connectivity index (χ3n) is 3.35. The fourth-order valence-electron chi connectivity index (χ4n) is 2.13. The van der Waals surface area contributed by atoms with E-state index in [0.717, 1.165) is 5.56 Å². The number of pyridine rings is 1. The quantitative estimate of drug-likeness (QED) is 0.737. The Bertz CT molecular complexity index is 892. The predicted molar refractivity (Wildman–Crippen MR) is 92.9 cm³/mol. The van der Waals surface area contributed by atoms with Crippen LogP contribution in [-0.2, 0) is 0 Å². The third kappa shape index (κ3) is 3.72. The molecule has 7 heteroatoms. The maximum atomic E-state index is 12.4. The summed E-state index contributed by atoms with van der Waals surface area (Å²) in [5.74, 6) is 0.973. The minimum Gasteiger partial charge on any atom is -0.360 e. The van der Waals surface area contributed by atoms with Crippen molar-refractivity contribution < 1.29 is 9.32 Å². The number of nitrogens with one attached hydrogen (secondary N) is 2. The van der Waals surface area contributed by atoms with Gasteiger partial charge in [0.2, 0.25) is 0 Å². The first-order chi connectivity index (χ1) is 11.5. The first kappa shape index (κ1) is 16.0. The normalized spacial score (nSPS) is 10.5. The van der Waals surface area contributed by atoms with Gasteiger partial charge in [-0.3, -0.25) is 9.78 Å². The van der Waals surface area contributed by atoms with E-state index in [9.17, 15) is 4.79 Å². The van der Waals surface area contributed by atoms with Crippen molar-refractivity contribution in [3.05, 3.63) is 64.6 Å². The largest absolute Gasteiger partial charge is 0.360 e. The van der Waals surface area contributed by atoms with Crippen LogP contribution in [-0.4, -0.2) is 16.0 Å². The molecule has 24 heavy (non-hydrogen) atoms. The highest BCUT2D eigenvalue weighted by Crippen LogP contribution is 2.22. The number of amides is 1. The molecular weight excluding hydrogens is 328 g/mol. The van der Waals surface area contributed by atoms with Crippen LogP contribution in [0.5, 0.6) is 0 Å². The van der Waals surface area contributed by atoms with Crippen molar-refractivity contribution in [2.75, 3.05) is 10.6 Å². The van der Waals surface area contributed by atoms with Crippen molar-refractivity contribution >= 4 is 34.7 Å². The Morgan fingerprint density at radius 1 is 1.17 bits per heavy atom. The lowest BCUT2D eigenvalue weighted by molar-refractivity contribution is 0.102. The Hall–Kier alpha value is -2.86. The number of hydrogen-bond acceptors (Lipinski definition) is 5. The number of halogens is 1. The van der Waals surface area contributed by atoms with E-state index in [1.54, 1.807) is 37.4 Å². The molecule has 0 atom stereocenters. The van der Waals surface area contributed by atoms with Crippen LogP contribution in [0.25, 0.3) is 0 Å². The Kier molecular flexibility index (Phi) is 4.48. The SMILES string of the molecule is Cc1cc(Nc2cncc(C(=O)Nc3cc(Cl)ccc3C)c2)no1.